The first kappa shape index (κ1) is 12.5. The Morgan fingerprint density at radius 2 is 1.95 bits per heavy atom. The predicted octanol–water partition coefficient (Wildman–Crippen LogP) is 2.57. The van der Waals surface area contributed by atoms with Gasteiger partial charge in [0, 0.05) is 17.4 Å². The molecule has 0 fully saturated rings. The molecule has 2 N–H and O–H groups in total. The maximum absolute atomic E-state index is 4.48. The van der Waals surface area contributed by atoms with Crippen molar-refractivity contribution < 1.29 is 0 Å². The van der Waals surface area contributed by atoms with Crippen LogP contribution in [-0.2, 0) is 0 Å². The zero-order valence-corrected chi connectivity index (χ0v) is 11.9. The molecule has 22 heavy (non-hydrogen) atoms. The third-order valence-electron chi connectivity index (χ3n) is 3.41. The molecule has 3 aromatic heterocycles. The number of aromatic nitrogens is 6. The second kappa shape index (κ2) is 4.96. The van der Waals surface area contributed by atoms with Gasteiger partial charge >= 0.3 is 0 Å². The van der Waals surface area contributed by atoms with E-state index in [4.69, 9.17) is 0 Å². The van der Waals surface area contributed by atoms with Gasteiger partial charge in [0.1, 0.15) is 6.33 Å². The van der Waals surface area contributed by atoms with Gasteiger partial charge < -0.3 is 5.32 Å². The number of benzene rings is 1. The second-order valence-electron chi connectivity index (χ2n) is 4.97. The summed E-state index contributed by atoms with van der Waals surface area (Å²) in [5.41, 5.74) is 4.57. The van der Waals surface area contributed by atoms with Crippen LogP contribution in [0.15, 0.2) is 49.2 Å². The summed E-state index contributed by atoms with van der Waals surface area (Å²) in [5, 5.41) is 14.3. The molecule has 1 aromatic carbocycles. The Kier molecular flexibility index (Phi) is 2.82. The van der Waals surface area contributed by atoms with E-state index in [0.29, 0.717) is 11.5 Å². The van der Waals surface area contributed by atoms with Crippen molar-refractivity contribution in [3.05, 3.63) is 54.7 Å². The SMILES string of the molecule is Cc1ccc(Nc2ncc(-c3cn[nH]c3)n3ncnc23)cc1. The van der Waals surface area contributed by atoms with Crippen molar-refractivity contribution in [1.29, 1.82) is 0 Å². The summed E-state index contributed by atoms with van der Waals surface area (Å²) in [6.07, 6.45) is 6.79. The Labute approximate surface area is 126 Å². The van der Waals surface area contributed by atoms with Crippen molar-refractivity contribution in [3.63, 3.8) is 0 Å². The minimum absolute atomic E-state index is 0.661. The summed E-state index contributed by atoms with van der Waals surface area (Å²) in [4.78, 5) is 8.78. The molecule has 0 radical (unpaired) electrons. The molecule has 0 bridgehead atoms. The third-order valence-corrected chi connectivity index (χ3v) is 3.41. The van der Waals surface area contributed by atoms with E-state index in [-0.39, 0.29) is 0 Å². The summed E-state index contributed by atoms with van der Waals surface area (Å²) in [6, 6.07) is 8.11. The second-order valence-corrected chi connectivity index (χ2v) is 4.97. The number of hydrogen-bond acceptors (Lipinski definition) is 5. The summed E-state index contributed by atoms with van der Waals surface area (Å²) in [7, 11) is 0. The fourth-order valence-electron chi connectivity index (χ4n) is 2.27. The van der Waals surface area contributed by atoms with Crippen molar-refractivity contribution in [1.82, 2.24) is 29.8 Å². The van der Waals surface area contributed by atoms with E-state index in [0.717, 1.165) is 16.9 Å². The average molecular weight is 291 g/mol. The van der Waals surface area contributed by atoms with Crippen molar-refractivity contribution in [2.45, 2.75) is 6.92 Å². The lowest BCUT2D eigenvalue weighted by Gasteiger charge is -2.08. The van der Waals surface area contributed by atoms with E-state index in [2.05, 4.69) is 37.5 Å². The Morgan fingerprint density at radius 3 is 2.73 bits per heavy atom. The lowest BCUT2D eigenvalue weighted by Crippen LogP contribution is -2.01. The minimum atomic E-state index is 0.661. The monoisotopic (exact) mass is 291 g/mol. The molecule has 4 rings (SSSR count). The summed E-state index contributed by atoms with van der Waals surface area (Å²) in [6.45, 7) is 2.05. The fraction of sp³-hybridized carbons (Fsp3) is 0.0667. The van der Waals surface area contributed by atoms with Gasteiger partial charge in [-0.3, -0.25) is 5.10 Å². The highest BCUT2D eigenvalue weighted by Crippen LogP contribution is 2.23. The maximum atomic E-state index is 4.48. The zero-order valence-electron chi connectivity index (χ0n) is 11.9. The highest BCUT2D eigenvalue weighted by atomic mass is 15.3. The standard InChI is InChI=1S/C15H13N7/c1-10-2-4-12(5-3-10)21-14-15-17-9-20-22(15)13(8-16-14)11-6-18-19-7-11/h2-9H,1H3,(H,16,21)(H,18,19). The molecule has 4 aromatic rings. The molecule has 0 spiro atoms. The first-order valence-electron chi connectivity index (χ1n) is 6.83. The van der Waals surface area contributed by atoms with Gasteiger partial charge in [0.05, 0.1) is 18.1 Å². The molecule has 3 heterocycles. The van der Waals surface area contributed by atoms with Crippen molar-refractivity contribution in [3.8, 4) is 11.3 Å². The normalized spacial score (nSPS) is 11.0. The number of aromatic amines is 1. The van der Waals surface area contributed by atoms with E-state index < -0.39 is 0 Å². The largest absolute Gasteiger partial charge is 0.337 e. The van der Waals surface area contributed by atoms with E-state index in [1.807, 2.05) is 24.3 Å². The molecule has 0 atom stereocenters. The molecule has 0 saturated heterocycles. The van der Waals surface area contributed by atoms with Crippen LogP contribution in [0.25, 0.3) is 16.9 Å². The number of H-pyrrole nitrogens is 1. The Bertz CT molecular complexity index is 907. The highest BCUT2D eigenvalue weighted by Gasteiger charge is 2.12. The third kappa shape index (κ3) is 2.08. The van der Waals surface area contributed by atoms with Crippen LogP contribution < -0.4 is 5.32 Å². The number of hydrogen-bond donors (Lipinski definition) is 2. The Morgan fingerprint density at radius 1 is 1.09 bits per heavy atom. The van der Waals surface area contributed by atoms with Crippen LogP contribution >= 0.6 is 0 Å². The van der Waals surface area contributed by atoms with Gasteiger partial charge in [-0.2, -0.15) is 10.2 Å². The van der Waals surface area contributed by atoms with Crippen molar-refractivity contribution in [2.75, 3.05) is 5.32 Å². The molecular formula is C15H13N7. The molecule has 0 aliphatic heterocycles. The summed E-state index contributed by atoms with van der Waals surface area (Å²) in [5.74, 6) is 0.661. The number of rotatable bonds is 3. The fourth-order valence-corrected chi connectivity index (χ4v) is 2.27. The van der Waals surface area contributed by atoms with Gasteiger partial charge in [0.15, 0.2) is 11.5 Å². The molecule has 108 valence electrons. The quantitative estimate of drug-likeness (QED) is 0.606. The van der Waals surface area contributed by atoms with Gasteiger partial charge in [-0.1, -0.05) is 17.7 Å². The highest BCUT2D eigenvalue weighted by molar-refractivity contribution is 5.73. The number of aryl methyl sites for hydroxylation is 1. The molecule has 0 saturated carbocycles. The summed E-state index contributed by atoms with van der Waals surface area (Å²) >= 11 is 0. The molecule has 0 amide bonds. The molecule has 7 nitrogen and oxygen atoms in total. The number of anilines is 2. The minimum Gasteiger partial charge on any atom is -0.337 e. The number of nitrogens with zero attached hydrogens (tertiary/aromatic N) is 5. The molecule has 0 unspecified atom stereocenters. The molecule has 0 aliphatic rings. The van der Waals surface area contributed by atoms with Crippen LogP contribution in [0.1, 0.15) is 5.56 Å². The van der Waals surface area contributed by atoms with Crippen LogP contribution in [0.4, 0.5) is 11.5 Å². The van der Waals surface area contributed by atoms with Gasteiger partial charge in [-0.25, -0.2) is 14.5 Å². The number of nitrogens with one attached hydrogen (secondary N) is 2. The van der Waals surface area contributed by atoms with Crippen LogP contribution in [0, 0.1) is 6.92 Å². The van der Waals surface area contributed by atoms with E-state index in [9.17, 15) is 0 Å². The number of fused-ring (bicyclic) bond motifs is 1. The van der Waals surface area contributed by atoms with Gasteiger partial charge in [-0.05, 0) is 19.1 Å². The van der Waals surface area contributed by atoms with E-state index in [1.165, 1.54) is 11.9 Å². The Balaban J connectivity index is 1.78. The van der Waals surface area contributed by atoms with Gasteiger partial charge in [0.25, 0.3) is 0 Å². The van der Waals surface area contributed by atoms with Gasteiger partial charge in [-0.15, -0.1) is 0 Å². The zero-order chi connectivity index (χ0) is 14.9. The first-order chi connectivity index (χ1) is 10.8. The van der Waals surface area contributed by atoms with Crippen molar-refractivity contribution in [2.24, 2.45) is 0 Å². The van der Waals surface area contributed by atoms with Crippen LogP contribution in [-0.4, -0.2) is 29.8 Å². The smallest absolute Gasteiger partial charge is 0.199 e. The van der Waals surface area contributed by atoms with Crippen LogP contribution in [0.5, 0.6) is 0 Å². The average Bonchev–Trinajstić information content (AvgIpc) is 3.20. The molecule has 0 aliphatic carbocycles. The van der Waals surface area contributed by atoms with E-state index >= 15 is 0 Å². The van der Waals surface area contributed by atoms with Crippen LogP contribution in [0.3, 0.4) is 0 Å². The van der Waals surface area contributed by atoms with E-state index in [1.54, 1.807) is 23.1 Å². The maximum Gasteiger partial charge on any atom is 0.199 e. The van der Waals surface area contributed by atoms with Crippen LogP contribution in [0.2, 0.25) is 0 Å². The lowest BCUT2D eigenvalue weighted by molar-refractivity contribution is 0.957. The predicted molar refractivity (Wildman–Crippen MR) is 82.8 cm³/mol. The topological polar surface area (TPSA) is 83.8 Å². The first-order valence-corrected chi connectivity index (χ1v) is 6.83. The lowest BCUT2D eigenvalue weighted by atomic mass is 10.2. The molecule has 7 heteroatoms. The molecular weight excluding hydrogens is 278 g/mol. The van der Waals surface area contributed by atoms with Crippen molar-refractivity contribution >= 4 is 17.2 Å². The van der Waals surface area contributed by atoms with Gasteiger partial charge in [0.2, 0.25) is 0 Å². The summed E-state index contributed by atoms with van der Waals surface area (Å²) < 4.78 is 1.74. The Hall–Kier alpha value is -3.22.